The van der Waals surface area contributed by atoms with Crippen LogP contribution >= 0.6 is 46.4 Å². The Kier molecular flexibility index (Phi) is 10.4. The Morgan fingerprint density at radius 1 is 1.00 bits per heavy atom. The van der Waals surface area contributed by atoms with Crippen LogP contribution in [-0.2, 0) is 26.2 Å². The van der Waals surface area contributed by atoms with E-state index in [0.29, 0.717) is 15.6 Å². The molecule has 7 nitrogen and oxygen atoms in total. The molecule has 2 aromatic rings. The SMILES string of the molecule is C[C@H](C(=O)NC1CCCCC1)N(Cc1ccc(Cl)c(Cl)c1)C(=O)CN(c1cccc(Cl)c1Cl)S(C)(=O)=O. The molecule has 37 heavy (non-hydrogen) atoms. The molecule has 0 radical (unpaired) electrons. The van der Waals surface area contributed by atoms with Gasteiger partial charge in [-0.3, -0.25) is 13.9 Å². The van der Waals surface area contributed by atoms with Crippen LogP contribution < -0.4 is 9.62 Å². The number of hydrogen-bond acceptors (Lipinski definition) is 4. The van der Waals surface area contributed by atoms with Crippen LogP contribution in [0.2, 0.25) is 20.1 Å². The minimum atomic E-state index is -3.94. The van der Waals surface area contributed by atoms with Gasteiger partial charge in [0.25, 0.3) is 0 Å². The Labute approximate surface area is 238 Å². The van der Waals surface area contributed by atoms with Gasteiger partial charge in [-0.15, -0.1) is 0 Å². The summed E-state index contributed by atoms with van der Waals surface area (Å²) in [6, 6.07) is 8.59. The molecule has 202 valence electrons. The summed E-state index contributed by atoms with van der Waals surface area (Å²) in [6.45, 7) is 1.04. The fraction of sp³-hybridized carbons (Fsp3) is 0.440. The Hall–Kier alpha value is -1.71. The summed E-state index contributed by atoms with van der Waals surface area (Å²) in [6.07, 6.45) is 5.95. The maximum Gasteiger partial charge on any atom is 0.244 e. The number of benzene rings is 2. The number of nitrogens with zero attached hydrogens (tertiary/aromatic N) is 2. The lowest BCUT2D eigenvalue weighted by Gasteiger charge is -2.33. The van der Waals surface area contributed by atoms with Gasteiger partial charge in [0.15, 0.2) is 0 Å². The maximum atomic E-state index is 13.7. The molecule has 1 N–H and O–H groups in total. The third-order valence-electron chi connectivity index (χ3n) is 6.33. The number of halogens is 4. The lowest BCUT2D eigenvalue weighted by molar-refractivity contribution is -0.139. The Bertz CT molecular complexity index is 1250. The van der Waals surface area contributed by atoms with Gasteiger partial charge < -0.3 is 10.2 Å². The fourth-order valence-electron chi connectivity index (χ4n) is 4.27. The first-order valence-electron chi connectivity index (χ1n) is 11.8. The molecule has 2 aromatic carbocycles. The van der Waals surface area contributed by atoms with Crippen molar-refractivity contribution < 1.29 is 18.0 Å². The van der Waals surface area contributed by atoms with E-state index in [1.54, 1.807) is 31.2 Å². The van der Waals surface area contributed by atoms with Crippen LogP contribution in [0.3, 0.4) is 0 Å². The number of anilines is 1. The summed E-state index contributed by atoms with van der Waals surface area (Å²) in [5.41, 5.74) is 0.700. The molecule has 1 aliphatic rings. The number of carbonyl (C=O) groups excluding carboxylic acids is 2. The second kappa shape index (κ2) is 12.9. The van der Waals surface area contributed by atoms with E-state index in [2.05, 4.69) is 5.32 Å². The summed E-state index contributed by atoms with van der Waals surface area (Å²) in [5.74, 6) is -0.911. The van der Waals surface area contributed by atoms with Gasteiger partial charge >= 0.3 is 0 Å². The van der Waals surface area contributed by atoms with Crippen LogP contribution in [0.5, 0.6) is 0 Å². The first-order chi connectivity index (χ1) is 17.4. The molecule has 1 fully saturated rings. The minimum Gasteiger partial charge on any atom is -0.352 e. The summed E-state index contributed by atoms with van der Waals surface area (Å²) < 4.78 is 26.3. The Morgan fingerprint density at radius 3 is 2.30 bits per heavy atom. The van der Waals surface area contributed by atoms with Crippen molar-refractivity contribution in [2.75, 3.05) is 17.1 Å². The van der Waals surface area contributed by atoms with Crippen molar-refractivity contribution in [2.45, 2.75) is 57.7 Å². The van der Waals surface area contributed by atoms with Crippen molar-refractivity contribution in [1.82, 2.24) is 10.2 Å². The number of carbonyl (C=O) groups is 2. The smallest absolute Gasteiger partial charge is 0.244 e. The Balaban J connectivity index is 1.92. The van der Waals surface area contributed by atoms with Gasteiger partial charge in [0.2, 0.25) is 21.8 Å². The van der Waals surface area contributed by atoms with Crippen molar-refractivity contribution in [3.63, 3.8) is 0 Å². The molecule has 0 bridgehead atoms. The summed E-state index contributed by atoms with van der Waals surface area (Å²) in [7, 11) is -3.94. The van der Waals surface area contributed by atoms with Gasteiger partial charge in [0, 0.05) is 12.6 Å². The molecule has 3 rings (SSSR count). The number of sulfonamides is 1. The van der Waals surface area contributed by atoms with E-state index >= 15 is 0 Å². The van der Waals surface area contributed by atoms with Gasteiger partial charge in [-0.05, 0) is 49.6 Å². The zero-order chi connectivity index (χ0) is 27.3. The molecule has 0 aromatic heterocycles. The summed E-state index contributed by atoms with van der Waals surface area (Å²) in [5, 5.41) is 3.84. The Morgan fingerprint density at radius 2 is 1.68 bits per heavy atom. The quantitative estimate of drug-likeness (QED) is 0.382. The number of amides is 2. The van der Waals surface area contributed by atoms with E-state index < -0.39 is 28.5 Å². The monoisotopic (exact) mass is 607 g/mol. The number of rotatable bonds is 9. The predicted molar refractivity (Wildman–Crippen MR) is 150 cm³/mol. The largest absolute Gasteiger partial charge is 0.352 e. The van der Waals surface area contributed by atoms with Crippen molar-refractivity contribution in [2.24, 2.45) is 0 Å². The molecule has 0 unspecified atom stereocenters. The molecule has 0 spiro atoms. The highest BCUT2D eigenvalue weighted by Crippen LogP contribution is 2.34. The molecule has 0 saturated heterocycles. The van der Waals surface area contributed by atoms with E-state index in [9.17, 15) is 18.0 Å². The van der Waals surface area contributed by atoms with E-state index in [4.69, 9.17) is 46.4 Å². The second-order valence-corrected chi connectivity index (χ2v) is 12.6. The highest BCUT2D eigenvalue weighted by Gasteiger charge is 2.32. The first-order valence-corrected chi connectivity index (χ1v) is 15.2. The summed E-state index contributed by atoms with van der Waals surface area (Å²) in [4.78, 5) is 28.2. The van der Waals surface area contributed by atoms with Crippen LogP contribution in [0.1, 0.15) is 44.6 Å². The average molecular weight is 609 g/mol. The standard InChI is InChI=1S/C25H29Cl4N3O4S/c1-16(25(34)30-18-7-4-3-5-8-18)31(14-17-11-12-19(26)21(28)13-17)23(33)15-32(37(2,35)36)22-10-6-9-20(27)24(22)29/h6,9-13,16,18H,3-5,7-8,14-15H2,1-2H3,(H,30,34)/t16-/m1/s1. The van der Waals surface area contributed by atoms with Gasteiger partial charge in [-0.25, -0.2) is 8.42 Å². The fourth-order valence-corrected chi connectivity index (χ4v) is 5.89. The molecule has 2 amide bonds. The van der Waals surface area contributed by atoms with Gasteiger partial charge in [-0.1, -0.05) is 77.8 Å². The summed E-state index contributed by atoms with van der Waals surface area (Å²) >= 11 is 24.6. The van der Waals surface area contributed by atoms with E-state index in [-0.39, 0.29) is 34.2 Å². The third-order valence-corrected chi connectivity index (χ3v) is 9.01. The minimum absolute atomic E-state index is 0.00140. The number of hydrogen-bond donors (Lipinski definition) is 1. The van der Waals surface area contributed by atoms with Crippen LogP contribution in [0.25, 0.3) is 0 Å². The predicted octanol–water partition coefficient (Wildman–Crippen LogP) is 5.93. The normalized spacial score (nSPS) is 15.2. The average Bonchev–Trinajstić information content (AvgIpc) is 2.84. The third kappa shape index (κ3) is 7.90. The van der Waals surface area contributed by atoms with Crippen LogP contribution in [0.4, 0.5) is 5.69 Å². The molecule has 0 heterocycles. The molecular weight excluding hydrogens is 580 g/mol. The zero-order valence-corrected chi connectivity index (χ0v) is 24.4. The highest BCUT2D eigenvalue weighted by molar-refractivity contribution is 7.92. The van der Waals surface area contributed by atoms with E-state index in [0.717, 1.165) is 42.7 Å². The van der Waals surface area contributed by atoms with Crippen LogP contribution in [-0.4, -0.2) is 50.0 Å². The van der Waals surface area contributed by atoms with E-state index in [1.807, 2.05) is 0 Å². The lowest BCUT2D eigenvalue weighted by Crippen LogP contribution is -2.53. The molecular formula is C25H29Cl4N3O4S. The van der Waals surface area contributed by atoms with Gasteiger partial charge in [-0.2, -0.15) is 0 Å². The van der Waals surface area contributed by atoms with E-state index in [1.165, 1.54) is 17.0 Å². The maximum absolute atomic E-state index is 13.7. The van der Waals surface area contributed by atoms with Crippen molar-refractivity contribution >= 4 is 73.9 Å². The number of nitrogens with one attached hydrogen (secondary N) is 1. The van der Waals surface area contributed by atoms with Crippen molar-refractivity contribution in [1.29, 1.82) is 0 Å². The molecule has 1 aliphatic carbocycles. The van der Waals surface area contributed by atoms with Crippen LogP contribution in [0, 0.1) is 0 Å². The molecule has 1 atom stereocenters. The first kappa shape index (κ1) is 29.8. The topological polar surface area (TPSA) is 86.8 Å². The van der Waals surface area contributed by atoms with Gasteiger partial charge in [0.05, 0.1) is 32.0 Å². The van der Waals surface area contributed by atoms with Crippen molar-refractivity contribution in [3.8, 4) is 0 Å². The molecule has 1 saturated carbocycles. The van der Waals surface area contributed by atoms with Gasteiger partial charge in [0.1, 0.15) is 12.6 Å². The highest BCUT2D eigenvalue weighted by atomic mass is 35.5. The molecule has 12 heteroatoms. The van der Waals surface area contributed by atoms with Crippen LogP contribution in [0.15, 0.2) is 36.4 Å². The zero-order valence-electron chi connectivity index (χ0n) is 20.5. The molecule has 0 aliphatic heterocycles. The second-order valence-electron chi connectivity index (χ2n) is 9.13. The van der Waals surface area contributed by atoms with Crippen molar-refractivity contribution in [3.05, 3.63) is 62.1 Å². The lowest BCUT2D eigenvalue weighted by atomic mass is 9.95.